The van der Waals surface area contributed by atoms with E-state index in [9.17, 15) is 4.39 Å². The quantitative estimate of drug-likeness (QED) is 0.444. The summed E-state index contributed by atoms with van der Waals surface area (Å²) < 4.78 is 14.4. The normalized spacial score (nSPS) is 14.8. The highest BCUT2D eigenvalue weighted by molar-refractivity contribution is 7.98. The van der Waals surface area contributed by atoms with Gasteiger partial charge in [0.2, 0.25) is 5.95 Å². The number of hydrogen-bond acceptors (Lipinski definition) is 7. The molecule has 0 saturated carbocycles. The first-order valence-corrected chi connectivity index (χ1v) is 12.7. The topological polar surface area (TPSA) is 45.2 Å². The highest BCUT2D eigenvalue weighted by Crippen LogP contribution is 2.32. The molecule has 0 atom stereocenters. The van der Waals surface area contributed by atoms with Crippen molar-refractivity contribution in [3.05, 3.63) is 58.1 Å². The van der Waals surface area contributed by atoms with Gasteiger partial charge in [-0.1, -0.05) is 6.92 Å². The van der Waals surface area contributed by atoms with Crippen LogP contribution in [-0.2, 0) is 13.0 Å². The molecule has 2 aromatic heterocycles. The van der Waals surface area contributed by atoms with Gasteiger partial charge in [-0.25, -0.2) is 19.3 Å². The van der Waals surface area contributed by atoms with Crippen molar-refractivity contribution < 1.29 is 4.39 Å². The van der Waals surface area contributed by atoms with Gasteiger partial charge >= 0.3 is 0 Å². The van der Waals surface area contributed by atoms with E-state index in [0.29, 0.717) is 18.2 Å². The third kappa shape index (κ3) is 5.18. The Morgan fingerprint density at radius 2 is 1.97 bits per heavy atom. The SMILES string of the molecule is CCc1cnc(N2CCC(c3nc(CN(C)c4ccc(SC)cc4F)cs3)CC2)nc1. The first kappa shape index (κ1) is 22.0. The fraction of sp³-hybridized carbons (Fsp3) is 0.435. The molecular formula is C23H28FN5S2. The number of thioether (sulfide) groups is 1. The predicted octanol–water partition coefficient (Wildman–Crippen LogP) is 5.38. The minimum absolute atomic E-state index is 0.189. The molecule has 0 aliphatic carbocycles. The molecule has 8 heteroatoms. The van der Waals surface area contributed by atoms with Crippen molar-refractivity contribution in [1.82, 2.24) is 15.0 Å². The number of nitrogens with zero attached hydrogens (tertiary/aromatic N) is 5. The molecule has 1 aliphatic heterocycles. The van der Waals surface area contributed by atoms with Crippen LogP contribution < -0.4 is 9.80 Å². The zero-order chi connectivity index (χ0) is 21.8. The minimum Gasteiger partial charge on any atom is -0.366 e. The number of aromatic nitrogens is 3. The lowest BCUT2D eigenvalue weighted by Crippen LogP contribution is -2.34. The van der Waals surface area contributed by atoms with Crippen molar-refractivity contribution >= 4 is 34.7 Å². The standard InChI is InChI=1S/C23H28FN5S2/c1-4-16-12-25-23(26-13-16)29-9-7-17(8-10-29)22-27-18(15-31-22)14-28(2)21-6-5-19(30-3)11-20(21)24/h5-6,11-13,15,17H,4,7-10,14H2,1-3H3. The Hall–Kier alpha value is -2.19. The molecule has 0 radical (unpaired) electrons. The molecule has 0 spiro atoms. The average molecular weight is 458 g/mol. The third-order valence-corrected chi connectivity index (χ3v) is 7.54. The highest BCUT2D eigenvalue weighted by Gasteiger charge is 2.24. The average Bonchev–Trinajstić information content (AvgIpc) is 3.27. The lowest BCUT2D eigenvalue weighted by Gasteiger charge is -2.31. The van der Waals surface area contributed by atoms with Crippen LogP contribution in [0.25, 0.3) is 0 Å². The number of hydrogen-bond donors (Lipinski definition) is 0. The number of anilines is 2. The van der Waals surface area contributed by atoms with Crippen molar-refractivity contribution in [2.24, 2.45) is 0 Å². The molecule has 4 rings (SSSR count). The molecule has 1 aliphatic rings. The fourth-order valence-electron chi connectivity index (χ4n) is 3.86. The second kappa shape index (κ2) is 9.96. The van der Waals surface area contributed by atoms with Crippen LogP contribution in [0.4, 0.5) is 16.0 Å². The molecule has 1 saturated heterocycles. The van der Waals surface area contributed by atoms with Crippen LogP contribution >= 0.6 is 23.1 Å². The Morgan fingerprint density at radius 3 is 2.61 bits per heavy atom. The molecule has 0 unspecified atom stereocenters. The Kier molecular flexibility index (Phi) is 7.07. The van der Waals surface area contributed by atoms with Gasteiger partial charge in [-0.05, 0) is 49.3 Å². The summed E-state index contributed by atoms with van der Waals surface area (Å²) in [5.41, 5.74) is 2.77. The van der Waals surface area contributed by atoms with Crippen LogP contribution in [0.15, 0.2) is 40.9 Å². The summed E-state index contributed by atoms with van der Waals surface area (Å²) in [6, 6.07) is 5.40. The Labute approximate surface area is 191 Å². The molecule has 3 heterocycles. The summed E-state index contributed by atoms with van der Waals surface area (Å²) in [5, 5.41) is 3.29. The first-order chi connectivity index (χ1) is 15.1. The lowest BCUT2D eigenvalue weighted by molar-refractivity contribution is 0.497. The van der Waals surface area contributed by atoms with Gasteiger partial charge in [-0.3, -0.25) is 0 Å². The van der Waals surface area contributed by atoms with Crippen molar-refractivity contribution in [2.45, 2.75) is 43.5 Å². The van der Waals surface area contributed by atoms with Crippen LogP contribution in [0.1, 0.15) is 41.9 Å². The molecule has 31 heavy (non-hydrogen) atoms. The molecule has 0 N–H and O–H groups in total. The van der Waals surface area contributed by atoms with Gasteiger partial charge in [0.25, 0.3) is 0 Å². The maximum absolute atomic E-state index is 14.4. The number of rotatable bonds is 7. The van der Waals surface area contributed by atoms with Crippen LogP contribution in [-0.4, -0.2) is 41.3 Å². The smallest absolute Gasteiger partial charge is 0.225 e. The van der Waals surface area contributed by atoms with E-state index in [1.807, 2.05) is 42.7 Å². The summed E-state index contributed by atoms with van der Waals surface area (Å²) in [7, 11) is 1.92. The van der Waals surface area contributed by atoms with Gasteiger partial charge in [0.15, 0.2) is 0 Å². The van der Waals surface area contributed by atoms with Gasteiger partial charge in [-0.2, -0.15) is 0 Å². The van der Waals surface area contributed by atoms with E-state index in [-0.39, 0.29) is 5.82 Å². The molecule has 5 nitrogen and oxygen atoms in total. The summed E-state index contributed by atoms with van der Waals surface area (Å²) in [4.78, 5) is 19.0. The Balaban J connectivity index is 1.35. The number of benzene rings is 1. The molecule has 0 bridgehead atoms. The van der Waals surface area contributed by atoms with E-state index >= 15 is 0 Å². The molecule has 164 valence electrons. The lowest BCUT2D eigenvalue weighted by atomic mass is 9.98. The van der Waals surface area contributed by atoms with Gasteiger partial charge in [-0.15, -0.1) is 23.1 Å². The van der Waals surface area contributed by atoms with Gasteiger partial charge in [0, 0.05) is 48.7 Å². The monoisotopic (exact) mass is 457 g/mol. The molecule has 0 amide bonds. The highest BCUT2D eigenvalue weighted by atomic mass is 32.2. The first-order valence-electron chi connectivity index (χ1n) is 10.6. The van der Waals surface area contributed by atoms with Crippen LogP contribution in [0.5, 0.6) is 0 Å². The number of piperidine rings is 1. The van der Waals surface area contributed by atoms with Crippen molar-refractivity contribution in [3.63, 3.8) is 0 Å². The van der Waals surface area contributed by atoms with Gasteiger partial charge < -0.3 is 9.80 Å². The van der Waals surface area contributed by atoms with Crippen LogP contribution in [0.2, 0.25) is 0 Å². The van der Waals surface area contributed by atoms with Gasteiger partial charge in [0.05, 0.1) is 22.9 Å². The summed E-state index contributed by atoms with van der Waals surface area (Å²) in [6.45, 7) is 4.60. The second-order valence-electron chi connectivity index (χ2n) is 7.86. The third-order valence-electron chi connectivity index (χ3n) is 5.76. The fourth-order valence-corrected chi connectivity index (χ4v) is 5.26. The molecule has 1 aromatic carbocycles. The Morgan fingerprint density at radius 1 is 1.23 bits per heavy atom. The van der Waals surface area contributed by atoms with Gasteiger partial charge in [0.1, 0.15) is 5.82 Å². The van der Waals surface area contributed by atoms with Crippen molar-refractivity contribution in [1.29, 1.82) is 0 Å². The number of halogens is 1. The molecule has 1 fully saturated rings. The summed E-state index contributed by atoms with van der Waals surface area (Å²) in [5.74, 6) is 1.10. The largest absolute Gasteiger partial charge is 0.366 e. The maximum atomic E-state index is 14.4. The minimum atomic E-state index is -0.189. The summed E-state index contributed by atoms with van der Waals surface area (Å²) in [6.07, 6.45) is 8.86. The van der Waals surface area contributed by atoms with E-state index < -0.39 is 0 Å². The van der Waals surface area contributed by atoms with E-state index in [1.54, 1.807) is 29.2 Å². The predicted molar refractivity (Wildman–Crippen MR) is 128 cm³/mol. The molecular weight excluding hydrogens is 429 g/mol. The van der Waals surface area contributed by atoms with E-state index in [1.165, 1.54) is 10.6 Å². The second-order valence-corrected chi connectivity index (χ2v) is 9.63. The molecule has 3 aromatic rings. The number of aryl methyl sites for hydroxylation is 1. The zero-order valence-corrected chi connectivity index (χ0v) is 19.8. The van der Waals surface area contributed by atoms with E-state index in [4.69, 9.17) is 4.98 Å². The van der Waals surface area contributed by atoms with Crippen LogP contribution in [0, 0.1) is 5.82 Å². The summed E-state index contributed by atoms with van der Waals surface area (Å²) >= 11 is 3.27. The van der Waals surface area contributed by atoms with Crippen molar-refractivity contribution in [2.75, 3.05) is 36.2 Å². The zero-order valence-electron chi connectivity index (χ0n) is 18.2. The van der Waals surface area contributed by atoms with Crippen molar-refractivity contribution in [3.8, 4) is 0 Å². The Bertz CT molecular complexity index is 999. The van der Waals surface area contributed by atoms with E-state index in [0.717, 1.165) is 48.9 Å². The van der Waals surface area contributed by atoms with E-state index in [2.05, 4.69) is 27.2 Å². The number of thiazole rings is 1. The van der Waals surface area contributed by atoms with Crippen LogP contribution in [0.3, 0.4) is 0 Å². The maximum Gasteiger partial charge on any atom is 0.225 e.